The number of aliphatic hydroxyl groups is 1. The number of amides is 1. The second-order valence-electron chi connectivity index (χ2n) is 10.8. The summed E-state index contributed by atoms with van der Waals surface area (Å²) in [7, 11) is 7.05. The summed E-state index contributed by atoms with van der Waals surface area (Å²) in [4.78, 5) is 81.2. The van der Waals surface area contributed by atoms with Crippen LogP contribution >= 0.6 is 0 Å². The number of nitrogens with two attached hydrogens (primary N) is 1. The van der Waals surface area contributed by atoms with Gasteiger partial charge in [0.2, 0.25) is 5.91 Å². The molecule has 11 nitrogen and oxygen atoms in total. The van der Waals surface area contributed by atoms with E-state index in [9.17, 15) is 39.0 Å². The number of phenolic OH excluding ortho intramolecular Hbond substituents is 1. The summed E-state index contributed by atoms with van der Waals surface area (Å²) >= 11 is 0. The number of hydrogen-bond acceptors (Lipinski definition) is 10. The van der Waals surface area contributed by atoms with Crippen LogP contribution in [-0.4, -0.2) is 90.3 Å². The SMILES string of the molecule is CN(C)CCC(=O)c1cc(N(C)C)c2c(c1O)C(=O)C1C(=O)[C@]3(O)C(=O)C(C(N)=O)C(=O)C[C@@H]3C[C@@H]1C2. The fourth-order valence-electron chi connectivity index (χ4n) is 6.09. The van der Waals surface area contributed by atoms with Crippen molar-refractivity contribution in [3.05, 3.63) is 22.8 Å². The van der Waals surface area contributed by atoms with Crippen molar-refractivity contribution in [1.82, 2.24) is 4.90 Å². The van der Waals surface area contributed by atoms with Crippen LogP contribution in [0.5, 0.6) is 5.75 Å². The zero-order valence-corrected chi connectivity index (χ0v) is 21.2. The first-order valence-corrected chi connectivity index (χ1v) is 12.1. The van der Waals surface area contributed by atoms with E-state index in [0.29, 0.717) is 17.8 Å². The molecule has 198 valence electrons. The van der Waals surface area contributed by atoms with Gasteiger partial charge in [-0.15, -0.1) is 0 Å². The Kier molecular flexibility index (Phi) is 6.58. The highest BCUT2D eigenvalue weighted by atomic mass is 16.3. The van der Waals surface area contributed by atoms with Crippen LogP contribution in [0.3, 0.4) is 0 Å². The van der Waals surface area contributed by atoms with E-state index in [1.54, 1.807) is 38.0 Å². The summed E-state index contributed by atoms with van der Waals surface area (Å²) in [6.45, 7) is 0.417. The first-order valence-electron chi connectivity index (χ1n) is 12.1. The molecule has 1 aromatic rings. The molecule has 0 saturated heterocycles. The van der Waals surface area contributed by atoms with Gasteiger partial charge in [0, 0.05) is 45.1 Å². The number of primary amides is 1. The number of carbonyl (C=O) groups is 6. The van der Waals surface area contributed by atoms with Gasteiger partial charge in [-0.3, -0.25) is 28.8 Å². The van der Waals surface area contributed by atoms with Gasteiger partial charge in [-0.05, 0) is 44.5 Å². The highest BCUT2D eigenvalue weighted by Gasteiger charge is 2.66. The van der Waals surface area contributed by atoms with Gasteiger partial charge in [-0.2, -0.15) is 0 Å². The van der Waals surface area contributed by atoms with E-state index in [1.807, 2.05) is 0 Å². The summed E-state index contributed by atoms with van der Waals surface area (Å²) in [5.41, 5.74) is 3.26. The Bertz CT molecular complexity index is 1250. The minimum absolute atomic E-state index is 0.0121. The third-order valence-electron chi connectivity index (χ3n) is 7.95. The van der Waals surface area contributed by atoms with Gasteiger partial charge < -0.3 is 25.7 Å². The average molecular weight is 514 g/mol. The van der Waals surface area contributed by atoms with Crippen molar-refractivity contribution in [2.24, 2.45) is 29.4 Å². The number of hydrogen-bond donors (Lipinski definition) is 3. The zero-order chi connectivity index (χ0) is 27.6. The molecule has 4 N–H and O–H groups in total. The van der Waals surface area contributed by atoms with Crippen LogP contribution in [0.1, 0.15) is 45.5 Å². The quantitative estimate of drug-likeness (QED) is 0.333. The second kappa shape index (κ2) is 9.14. The summed E-state index contributed by atoms with van der Waals surface area (Å²) in [5.74, 6) is -11.3. The van der Waals surface area contributed by atoms with E-state index in [0.717, 1.165) is 0 Å². The van der Waals surface area contributed by atoms with E-state index in [2.05, 4.69) is 0 Å². The standard InChI is InChI=1S/C26H31N3O8/c1-28(2)6-5-16(30)14-10-15(29(3)4)13-8-11-7-12-9-17(31)20(25(27)36)24(35)26(12,37)23(34)18(11)22(33)19(13)21(14)32/h10-12,18,20,32,37H,5-9H2,1-4H3,(H2,27,36)/t11-,12+,18?,20?,26+/m1/s1. The second-order valence-corrected chi connectivity index (χ2v) is 10.8. The van der Waals surface area contributed by atoms with Crippen molar-refractivity contribution < 1.29 is 39.0 Å². The van der Waals surface area contributed by atoms with Crippen molar-refractivity contribution in [3.8, 4) is 5.75 Å². The molecule has 3 aliphatic rings. The third-order valence-corrected chi connectivity index (χ3v) is 7.95. The normalized spacial score (nSPS) is 29.0. The average Bonchev–Trinajstić information content (AvgIpc) is 2.79. The maximum Gasteiger partial charge on any atom is 0.235 e. The summed E-state index contributed by atoms with van der Waals surface area (Å²) < 4.78 is 0. The molecule has 2 saturated carbocycles. The first-order chi connectivity index (χ1) is 17.2. The van der Waals surface area contributed by atoms with Gasteiger partial charge in [-0.25, -0.2) is 0 Å². The topological polar surface area (TPSA) is 175 Å². The van der Waals surface area contributed by atoms with E-state index >= 15 is 0 Å². The van der Waals surface area contributed by atoms with Crippen molar-refractivity contribution in [1.29, 1.82) is 0 Å². The number of nitrogens with zero attached hydrogens (tertiary/aromatic N) is 2. The number of anilines is 1. The summed E-state index contributed by atoms with van der Waals surface area (Å²) in [6.07, 6.45) is -0.141. The van der Waals surface area contributed by atoms with Crippen molar-refractivity contribution >= 4 is 40.5 Å². The van der Waals surface area contributed by atoms with Gasteiger partial charge in [0.1, 0.15) is 5.75 Å². The molecule has 0 bridgehead atoms. The minimum Gasteiger partial charge on any atom is -0.506 e. The maximum absolute atomic E-state index is 13.8. The van der Waals surface area contributed by atoms with E-state index in [1.165, 1.54) is 6.07 Å². The summed E-state index contributed by atoms with van der Waals surface area (Å²) in [6, 6.07) is 1.53. The van der Waals surface area contributed by atoms with Crippen LogP contribution in [0.4, 0.5) is 5.69 Å². The zero-order valence-electron chi connectivity index (χ0n) is 21.2. The number of rotatable bonds is 6. The largest absolute Gasteiger partial charge is 0.506 e. The molecule has 37 heavy (non-hydrogen) atoms. The van der Waals surface area contributed by atoms with Gasteiger partial charge in [0.05, 0.1) is 17.0 Å². The highest BCUT2D eigenvalue weighted by molar-refractivity contribution is 6.31. The van der Waals surface area contributed by atoms with Crippen molar-refractivity contribution in [2.45, 2.75) is 31.3 Å². The minimum atomic E-state index is -2.71. The van der Waals surface area contributed by atoms with Crippen LogP contribution in [0, 0.1) is 23.7 Å². The number of benzene rings is 1. The van der Waals surface area contributed by atoms with Crippen LogP contribution in [0.15, 0.2) is 6.07 Å². The molecule has 1 amide bonds. The number of carbonyl (C=O) groups excluding carboxylic acids is 6. The lowest BCUT2D eigenvalue weighted by Gasteiger charge is -2.48. The third kappa shape index (κ3) is 3.97. The lowest BCUT2D eigenvalue weighted by molar-refractivity contribution is -0.175. The fourth-order valence-corrected chi connectivity index (χ4v) is 6.09. The number of ketones is 5. The fraction of sp³-hybridized carbons (Fsp3) is 0.538. The Balaban J connectivity index is 1.82. The van der Waals surface area contributed by atoms with Crippen LogP contribution in [0.2, 0.25) is 0 Å². The highest BCUT2D eigenvalue weighted by Crippen LogP contribution is 2.51. The van der Waals surface area contributed by atoms with E-state index in [-0.39, 0.29) is 36.2 Å². The van der Waals surface area contributed by atoms with Gasteiger partial charge in [-0.1, -0.05) is 0 Å². The van der Waals surface area contributed by atoms with Crippen molar-refractivity contribution in [2.75, 3.05) is 39.6 Å². The Hall–Kier alpha value is -3.44. The lowest BCUT2D eigenvalue weighted by atomic mass is 9.53. The molecule has 3 aliphatic carbocycles. The van der Waals surface area contributed by atoms with E-state index < -0.39 is 70.5 Å². The first kappa shape index (κ1) is 26.6. The lowest BCUT2D eigenvalue weighted by Crippen LogP contribution is -2.68. The van der Waals surface area contributed by atoms with Crippen molar-refractivity contribution in [3.63, 3.8) is 0 Å². The number of aromatic hydroxyl groups is 1. The molecule has 0 spiro atoms. The van der Waals surface area contributed by atoms with Gasteiger partial charge >= 0.3 is 0 Å². The molecule has 2 unspecified atom stereocenters. The van der Waals surface area contributed by atoms with Crippen LogP contribution in [0.25, 0.3) is 0 Å². The Morgan fingerprint density at radius 3 is 2.30 bits per heavy atom. The maximum atomic E-state index is 13.8. The summed E-state index contributed by atoms with van der Waals surface area (Å²) in [5, 5.41) is 22.4. The van der Waals surface area contributed by atoms with Crippen LogP contribution < -0.4 is 10.6 Å². The number of Topliss-reactive ketones (excluding diaryl/α,β-unsaturated/α-hetero) is 5. The molecule has 0 heterocycles. The van der Waals surface area contributed by atoms with Gasteiger partial charge in [0.25, 0.3) is 0 Å². The van der Waals surface area contributed by atoms with Gasteiger partial charge in [0.15, 0.2) is 40.4 Å². The number of phenols is 1. The Labute approximate surface area is 213 Å². The monoisotopic (exact) mass is 513 g/mol. The molecule has 0 aliphatic heterocycles. The Morgan fingerprint density at radius 2 is 1.73 bits per heavy atom. The number of fused-ring (bicyclic) bond motifs is 3. The predicted molar refractivity (Wildman–Crippen MR) is 130 cm³/mol. The molecule has 5 atom stereocenters. The molecule has 1 aromatic carbocycles. The molecule has 4 rings (SSSR count). The molecular weight excluding hydrogens is 482 g/mol. The predicted octanol–water partition coefficient (Wildman–Crippen LogP) is -0.473. The Morgan fingerprint density at radius 1 is 1.08 bits per heavy atom. The molecule has 11 heteroatoms. The molecular formula is C26H31N3O8. The van der Waals surface area contributed by atoms with E-state index in [4.69, 9.17) is 5.73 Å². The van der Waals surface area contributed by atoms with Crippen LogP contribution in [-0.2, 0) is 25.6 Å². The smallest absolute Gasteiger partial charge is 0.235 e. The molecule has 2 fully saturated rings. The molecule has 0 aromatic heterocycles. The molecule has 0 radical (unpaired) electrons.